The van der Waals surface area contributed by atoms with Crippen molar-refractivity contribution in [2.45, 2.75) is 31.1 Å². The Labute approximate surface area is 118 Å². The lowest BCUT2D eigenvalue weighted by Crippen LogP contribution is -2.29. The second-order valence-electron chi connectivity index (χ2n) is 4.82. The molecule has 0 amide bonds. The van der Waals surface area contributed by atoms with Crippen LogP contribution in [0, 0.1) is 11.6 Å². The zero-order valence-corrected chi connectivity index (χ0v) is 11.9. The Morgan fingerprint density at radius 1 is 1.45 bits per heavy atom. The molecule has 6 heteroatoms. The highest BCUT2D eigenvalue weighted by Gasteiger charge is 2.26. The average Bonchev–Trinajstić information content (AvgIpc) is 2.93. The Bertz CT molecular complexity index is 527. The summed E-state index contributed by atoms with van der Waals surface area (Å²) >= 11 is 0. The second kappa shape index (κ2) is 6.54. The summed E-state index contributed by atoms with van der Waals surface area (Å²) in [6.07, 6.45) is 1.71. The molecule has 3 nitrogen and oxygen atoms in total. The van der Waals surface area contributed by atoms with Crippen LogP contribution in [0.5, 0.6) is 0 Å². The number of rotatable bonds is 5. The van der Waals surface area contributed by atoms with Gasteiger partial charge in [0.25, 0.3) is 0 Å². The molecule has 0 bridgehead atoms. The molecule has 1 aromatic carbocycles. The third-order valence-electron chi connectivity index (χ3n) is 3.34. The lowest BCUT2D eigenvalue weighted by molar-refractivity contribution is 0.0991. The summed E-state index contributed by atoms with van der Waals surface area (Å²) in [6, 6.07) is 2.95. The van der Waals surface area contributed by atoms with Crippen molar-refractivity contribution in [1.29, 1.82) is 0 Å². The van der Waals surface area contributed by atoms with Crippen molar-refractivity contribution < 1.29 is 22.5 Å². The van der Waals surface area contributed by atoms with Crippen molar-refractivity contribution in [3.8, 4) is 0 Å². The van der Waals surface area contributed by atoms with Crippen molar-refractivity contribution in [3.63, 3.8) is 0 Å². The number of carbonyl (C=O) groups is 1. The molecule has 1 aromatic rings. The number of ether oxygens (including phenoxy) is 1. The Hall–Kier alpha value is -1.14. The van der Waals surface area contributed by atoms with Gasteiger partial charge in [0, 0.05) is 23.0 Å². The summed E-state index contributed by atoms with van der Waals surface area (Å²) in [5.41, 5.74) is 0.0390. The minimum absolute atomic E-state index is 0.0390. The van der Waals surface area contributed by atoms with Crippen LogP contribution < -0.4 is 0 Å². The summed E-state index contributed by atoms with van der Waals surface area (Å²) < 4.78 is 43.4. The van der Waals surface area contributed by atoms with Gasteiger partial charge in [-0.2, -0.15) is 0 Å². The molecule has 0 radical (unpaired) electrons. The molecule has 0 saturated carbocycles. The lowest BCUT2D eigenvalue weighted by Gasteiger charge is -2.14. The standard InChI is InChI=1S/C14H16F2O3S/c1-9(20(18)8-11-3-2-6-19-11)14(17)10-4-5-12(15)13(16)7-10/h4-5,7,9,11H,2-3,6,8H2,1H3. The smallest absolute Gasteiger partial charge is 0.178 e. The van der Waals surface area contributed by atoms with E-state index in [1.54, 1.807) is 0 Å². The minimum Gasteiger partial charge on any atom is -0.377 e. The summed E-state index contributed by atoms with van der Waals surface area (Å²) in [5, 5.41) is -0.760. The lowest BCUT2D eigenvalue weighted by atomic mass is 10.1. The monoisotopic (exact) mass is 302 g/mol. The topological polar surface area (TPSA) is 43.4 Å². The van der Waals surface area contributed by atoms with Gasteiger partial charge in [-0.15, -0.1) is 0 Å². The van der Waals surface area contributed by atoms with Gasteiger partial charge >= 0.3 is 0 Å². The number of hydrogen-bond acceptors (Lipinski definition) is 3. The molecule has 0 aliphatic carbocycles. The second-order valence-corrected chi connectivity index (χ2v) is 6.62. The van der Waals surface area contributed by atoms with Crippen LogP contribution in [-0.4, -0.2) is 33.7 Å². The molecule has 1 fully saturated rings. The summed E-state index contributed by atoms with van der Waals surface area (Å²) in [4.78, 5) is 12.1. The summed E-state index contributed by atoms with van der Waals surface area (Å²) in [5.74, 6) is -2.22. The highest BCUT2D eigenvalue weighted by Crippen LogP contribution is 2.17. The van der Waals surface area contributed by atoms with Gasteiger partial charge in [0.1, 0.15) is 0 Å². The number of ketones is 1. The number of hydrogen-bond donors (Lipinski definition) is 0. The Balaban J connectivity index is 2.03. The average molecular weight is 302 g/mol. The van der Waals surface area contributed by atoms with E-state index in [1.165, 1.54) is 13.0 Å². The van der Waals surface area contributed by atoms with Gasteiger partial charge in [-0.3, -0.25) is 9.00 Å². The number of carbonyl (C=O) groups excluding carboxylic acids is 1. The third-order valence-corrected chi connectivity index (χ3v) is 5.04. The first-order chi connectivity index (χ1) is 9.49. The summed E-state index contributed by atoms with van der Waals surface area (Å²) in [6.45, 7) is 2.20. The molecule has 0 spiro atoms. The zero-order chi connectivity index (χ0) is 14.7. The van der Waals surface area contributed by atoms with Crippen LogP contribution in [0.25, 0.3) is 0 Å². The van der Waals surface area contributed by atoms with Crippen LogP contribution in [0.3, 0.4) is 0 Å². The van der Waals surface area contributed by atoms with Gasteiger partial charge in [-0.05, 0) is 38.0 Å². The van der Waals surface area contributed by atoms with Crippen molar-refractivity contribution >= 4 is 16.6 Å². The quantitative estimate of drug-likeness (QED) is 0.785. The fraction of sp³-hybridized carbons (Fsp3) is 0.500. The molecule has 0 N–H and O–H groups in total. The van der Waals surface area contributed by atoms with Crippen molar-refractivity contribution in [2.24, 2.45) is 0 Å². The maximum Gasteiger partial charge on any atom is 0.178 e. The fourth-order valence-electron chi connectivity index (χ4n) is 2.11. The van der Waals surface area contributed by atoms with E-state index in [-0.39, 0.29) is 11.7 Å². The van der Waals surface area contributed by atoms with Crippen molar-refractivity contribution in [3.05, 3.63) is 35.4 Å². The fourth-order valence-corrected chi connectivity index (χ4v) is 3.40. The third kappa shape index (κ3) is 3.49. The van der Waals surface area contributed by atoms with Crippen molar-refractivity contribution in [2.75, 3.05) is 12.4 Å². The van der Waals surface area contributed by atoms with Gasteiger partial charge in [0.05, 0.1) is 17.1 Å². The van der Waals surface area contributed by atoms with Crippen molar-refractivity contribution in [1.82, 2.24) is 0 Å². The molecule has 2 rings (SSSR count). The number of halogens is 2. The molecule has 1 saturated heterocycles. The maximum atomic E-state index is 13.1. The molecule has 110 valence electrons. The van der Waals surface area contributed by atoms with E-state index in [0.29, 0.717) is 12.4 Å². The van der Waals surface area contributed by atoms with Gasteiger partial charge in [-0.1, -0.05) is 0 Å². The first-order valence-corrected chi connectivity index (χ1v) is 7.85. The van der Waals surface area contributed by atoms with E-state index in [9.17, 15) is 17.8 Å². The van der Waals surface area contributed by atoms with Gasteiger partial charge in [0.15, 0.2) is 17.4 Å². The Morgan fingerprint density at radius 2 is 2.20 bits per heavy atom. The first kappa shape index (κ1) is 15.3. The number of Topliss-reactive ketones (excluding diaryl/α,β-unsaturated/α-hetero) is 1. The molecule has 1 aliphatic rings. The predicted octanol–water partition coefficient (Wildman–Crippen LogP) is 2.46. The SMILES string of the molecule is CC(C(=O)c1ccc(F)c(F)c1)S(=O)CC1CCCO1. The molecule has 3 unspecified atom stereocenters. The van der Waals surface area contributed by atoms with E-state index >= 15 is 0 Å². The van der Waals surface area contributed by atoms with E-state index in [1.807, 2.05) is 0 Å². The molecule has 1 aliphatic heterocycles. The van der Waals surface area contributed by atoms with E-state index in [0.717, 1.165) is 25.0 Å². The molecular formula is C14H16F2O3S. The summed E-state index contributed by atoms with van der Waals surface area (Å²) in [7, 11) is -1.39. The molecule has 20 heavy (non-hydrogen) atoms. The van der Waals surface area contributed by atoms with Crippen LogP contribution in [-0.2, 0) is 15.5 Å². The van der Waals surface area contributed by atoms with Crippen LogP contribution in [0.2, 0.25) is 0 Å². The van der Waals surface area contributed by atoms with Crippen LogP contribution in [0.15, 0.2) is 18.2 Å². The Kier molecular flexibility index (Phi) is 4.99. The van der Waals surface area contributed by atoms with Gasteiger partial charge in [-0.25, -0.2) is 8.78 Å². The normalized spacial score (nSPS) is 21.6. The zero-order valence-electron chi connectivity index (χ0n) is 11.1. The molecular weight excluding hydrogens is 286 g/mol. The molecule has 3 atom stereocenters. The van der Waals surface area contributed by atoms with Crippen LogP contribution >= 0.6 is 0 Å². The van der Waals surface area contributed by atoms with E-state index in [2.05, 4.69) is 0 Å². The van der Waals surface area contributed by atoms with Crippen LogP contribution in [0.4, 0.5) is 8.78 Å². The van der Waals surface area contributed by atoms with E-state index in [4.69, 9.17) is 4.74 Å². The van der Waals surface area contributed by atoms with E-state index < -0.39 is 33.5 Å². The molecule has 1 heterocycles. The highest BCUT2D eigenvalue weighted by atomic mass is 32.2. The first-order valence-electron chi connectivity index (χ1n) is 6.47. The maximum absolute atomic E-state index is 13.1. The largest absolute Gasteiger partial charge is 0.377 e. The molecule has 0 aromatic heterocycles. The predicted molar refractivity (Wildman–Crippen MR) is 72.1 cm³/mol. The highest BCUT2D eigenvalue weighted by molar-refractivity contribution is 7.86. The minimum atomic E-state index is -1.39. The van der Waals surface area contributed by atoms with Gasteiger partial charge < -0.3 is 4.74 Å². The van der Waals surface area contributed by atoms with Crippen LogP contribution in [0.1, 0.15) is 30.1 Å². The number of benzene rings is 1. The van der Waals surface area contributed by atoms with Gasteiger partial charge in [0.2, 0.25) is 0 Å². The Morgan fingerprint density at radius 3 is 2.80 bits per heavy atom.